The fourth-order valence-electron chi connectivity index (χ4n) is 5.53. The topological polar surface area (TPSA) is 452 Å². The number of nitrogens with zero attached hydrogens (tertiary/aromatic N) is 6. The van der Waals surface area contributed by atoms with Gasteiger partial charge in [-0.25, -0.2) is 0 Å². The fraction of sp³-hybridized carbons (Fsp3) is 0. The van der Waals surface area contributed by atoms with Crippen molar-refractivity contribution in [3.8, 4) is 0 Å². The Balaban J connectivity index is 1.28. The summed E-state index contributed by atoms with van der Waals surface area (Å²) in [6.45, 7) is 0. The van der Waals surface area contributed by atoms with Crippen molar-refractivity contribution < 1.29 is 77.8 Å². The monoisotopic (exact) mass is 1100 g/mol. The molecule has 28 nitrogen and oxygen atoms in total. The van der Waals surface area contributed by atoms with Crippen LogP contribution in [0.15, 0.2) is 102 Å². The molecule has 0 aliphatic heterocycles. The Hall–Kier alpha value is -6.12. The fourth-order valence-corrected chi connectivity index (χ4v) is 9.54. The molecule has 0 unspecified atom stereocenters. The standard InChI is InChI=1S/C32H24Cl2N10O18S6/c33-27-39-29(43-31(41-27)37-21-13-19(63(45,46)47)7-9-23(21)65(51,52)53)35-17-5-3-15(25(11-17)67(57,58)59)1-2-16-4-6-18(12-26(16)68(60,61)62)36-30-40-28(34)42-32(44-30)38-22-14-20(64(48,49)50)8-10-24(22)66(54,55)56/h1-14H,(H,45,46,47)(H,48,49,50)(H,51,52,53)(H,54,55,56)(H,57,58,59)(H,60,61,62)(H2,35,37,39,41,43)(H2,36,38,40,42,44)/b2-1-. The van der Waals surface area contributed by atoms with E-state index in [1.54, 1.807) is 0 Å². The predicted molar refractivity (Wildman–Crippen MR) is 236 cm³/mol. The first-order chi connectivity index (χ1) is 31.2. The molecule has 0 spiro atoms. The second-order valence-electron chi connectivity index (χ2n) is 13.0. The van der Waals surface area contributed by atoms with E-state index in [9.17, 15) is 77.8 Å². The van der Waals surface area contributed by atoms with Crippen molar-refractivity contribution in [1.29, 1.82) is 0 Å². The normalized spacial score (nSPS) is 12.8. The summed E-state index contributed by atoms with van der Waals surface area (Å²) < 4.78 is 203. The molecule has 68 heavy (non-hydrogen) atoms. The number of hydrogen-bond acceptors (Lipinski definition) is 22. The third-order valence-electron chi connectivity index (χ3n) is 8.30. The number of benzene rings is 4. The molecule has 0 atom stereocenters. The van der Waals surface area contributed by atoms with E-state index < -0.39 is 136 Å². The van der Waals surface area contributed by atoms with Gasteiger partial charge in [0.25, 0.3) is 60.7 Å². The first kappa shape index (κ1) is 51.3. The molecular formula is C32H24Cl2N10O18S6. The molecule has 10 N–H and O–H groups in total. The van der Waals surface area contributed by atoms with Gasteiger partial charge in [0.2, 0.25) is 34.4 Å². The molecule has 0 amide bonds. The molecule has 6 rings (SSSR count). The Morgan fingerprint density at radius 3 is 0.971 bits per heavy atom. The molecule has 0 aliphatic carbocycles. The van der Waals surface area contributed by atoms with Crippen molar-refractivity contribution in [2.24, 2.45) is 0 Å². The summed E-state index contributed by atoms with van der Waals surface area (Å²) in [6, 6.07) is 10.3. The number of anilines is 8. The van der Waals surface area contributed by atoms with Gasteiger partial charge in [-0.05, 0) is 95.0 Å². The lowest BCUT2D eigenvalue weighted by atomic mass is 10.1. The average molecular weight is 1100 g/mol. The molecule has 0 bridgehead atoms. The number of halogens is 2. The molecule has 6 aromatic rings. The summed E-state index contributed by atoms with van der Waals surface area (Å²) in [4.78, 5) is 18.0. The Bertz CT molecular complexity index is 3550. The van der Waals surface area contributed by atoms with E-state index in [1.807, 2.05) is 0 Å². The van der Waals surface area contributed by atoms with Crippen molar-refractivity contribution in [2.45, 2.75) is 29.4 Å². The van der Waals surface area contributed by atoms with E-state index in [0.717, 1.165) is 36.4 Å². The smallest absolute Gasteiger partial charge is 0.296 e. The summed E-state index contributed by atoms with van der Waals surface area (Å²) in [7, 11) is -30.0. The van der Waals surface area contributed by atoms with E-state index in [1.165, 1.54) is 12.1 Å². The Morgan fingerprint density at radius 2 is 0.676 bits per heavy atom. The van der Waals surface area contributed by atoms with Crippen molar-refractivity contribution in [3.05, 3.63) is 94.5 Å². The minimum atomic E-state index is -5.10. The molecule has 36 heteroatoms. The maximum absolute atomic E-state index is 12.5. The summed E-state index contributed by atoms with van der Waals surface area (Å²) in [5.41, 5.74) is -2.16. The van der Waals surface area contributed by atoms with Crippen molar-refractivity contribution >= 4 is 143 Å². The zero-order valence-corrected chi connectivity index (χ0v) is 39.0. The minimum absolute atomic E-state index is 0.161. The van der Waals surface area contributed by atoms with Crippen LogP contribution in [0, 0.1) is 0 Å². The molecule has 0 aliphatic rings. The molecule has 4 aromatic carbocycles. The van der Waals surface area contributed by atoms with Crippen LogP contribution in [0.25, 0.3) is 12.2 Å². The van der Waals surface area contributed by atoms with Gasteiger partial charge >= 0.3 is 0 Å². The zero-order chi connectivity index (χ0) is 50.4. The molecule has 2 aromatic heterocycles. The maximum atomic E-state index is 12.5. The molecular weight excluding hydrogens is 1080 g/mol. The number of rotatable bonds is 16. The van der Waals surface area contributed by atoms with Gasteiger partial charge < -0.3 is 21.3 Å². The van der Waals surface area contributed by atoms with Gasteiger partial charge in [-0.15, -0.1) is 0 Å². The molecule has 0 radical (unpaired) electrons. The first-order valence-corrected chi connectivity index (χ1v) is 26.6. The lowest BCUT2D eigenvalue weighted by Crippen LogP contribution is -2.09. The maximum Gasteiger partial charge on any atom is 0.296 e. The number of aromatic nitrogens is 6. The molecule has 2 heterocycles. The van der Waals surface area contributed by atoms with Crippen LogP contribution < -0.4 is 21.3 Å². The Morgan fingerprint density at radius 1 is 0.368 bits per heavy atom. The van der Waals surface area contributed by atoms with Gasteiger partial charge in [0.05, 0.1) is 21.2 Å². The van der Waals surface area contributed by atoms with Crippen LogP contribution in [0.4, 0.5) is 46.5 Å². The molecule has 360 valence electrons. The van der Waals surface area contributed by atoms with Gasteiger partial charge in [-0.2, -0.15) is 80.4 Å². The van der Waals surface area contributed by atoms with Gasteiger partial charge in [-0.1, -0.05) is 24.3 Å². The second kappa shape index (κ2) is 18.8. The zero-order valence-electron chi connectivity index (χ0n) is 32.6. The number of hydrogen-bond donors (Lipinski definition) is 10. The lowest BCUT2D eigenvalue weighted by Gasteiger charge is -2.13. The predicted octanol–water partition coefficient (Wildman–Crippen LogP) is 3.99. The SMILES string of the molecule is O=S(=O)(O)c1ccc(S(=O)(=O)O)c(Nc2nc(Cl)nc(Nc3ccc(/C=C\c4ccc(Nc5nc(Cl)nc(Nc6cc(S(=O)(=O)O)ccc6S(=O)(=O)O)n5)cc4S(=O)(=O)O)c(S(=O)(=O)O)c3)n2)c1. The van der Waals surface area contributed by atoms with Gasteiger partial charge in [-0.3, -0.25) is 27.3 Å². The average Bonchev–Trinajstić information content (AvgIpc) is 3.18. The van der Waals surface area contributed by atoms with Gasteiger partial charge in [0.1, 0.15) is 19.6 Å². The highest BCUT2D eigenvalue weighted by Gasteiger charge is 2.24. The number of nitrogens with one attached hydrogen (secondary N) is 4. The molecule has 0 fully saturated rings. The van der Waals surface area contributed by atoms with Crippen LogP contribution in [0.3, 0.4) is 0 Å². The summed E-state index contributed by atoms with van der Waals surface area (Å²) in [6.07, 6.45) is 2.06. The van der Waals surface area contributed by atoms with Gasteiger partial charge in [0.15, 0.2) is 0 Å². The lowest BCUT2D eigenvalue weighted by molar-refractivity contribution is 0.479. The van der Waals surface area contributed by atoms with Crippen LogP contribution in [0.2, 0.25) is 10.6 Å². The summed E-state index contributed by atoms with van der Waals surface area (Å²) >= 11 is 12.0. The Labute approximate surface area is 393 Å². The van der Waals surface area contributed by atoms with E-state index in [0.29, 0.717) is 36.4 Å². The summed E-state index contributed by atoms with van der Waals surface area (Å²) in [5.74, 6) is -2.08. The van der Waals surface area contributed by atoms with E-state index in [-0.39, 0.29) is 22.5 Å². The third-order valence-corrected chi connectivity index (χ3v) is 14.0. The van der Waals surface area contributed by atoms with Crippen molar-refractivity contribution in [2.75, 3.05) is 21.3 Å². The van der Waals surface area contributed by atoms with Crippen molar-refractivity contribution in [3.63, 3.8) is 0 Å². The minimum Gasteiger partial charge on any atom is -0.324 e. The summed E-state index contributed by atoms with van der Waals surface area (Å²) in [5, 5.41) is 8.59. The Kier molecular flexibility index (Phi) is 14.1. The molecule has 0 saturated heterocycles. The largest absolute Gasteiger partial charge is 0.324 e. The van der Waals surface area contributed by atoms with E-state index in [2.05, 4.69) is 51.2 Å². The van der Waals surface area contributed by atoms with E-state index >= 15 is 0 Å². The van der Waals surface area contributed by atoms with Crippen LogP contribution in [-0.2, 0) is 60.7 Å². The van der Waals surface area contributed by atoms with Crippen LogP contribution in [0.1, 0.15) is 11.1 Å². The van der Waals surface area contributed by atoms with Crippen molar-refractivity contribution in [1.82, 2.24) is 29.9 Å². The highest BCUT2D eigenvalue weighted by atomic mass is 35.5. The highest BCUT2D eigenvalue weighted by molar-refractivity contribution is 7.87. The third kappa shape index (κ3) is 12.9. The van der Waals surface area contributed by atoms with Gasteiger partial charge in [0, 0.05) is 11.4 Å². The van der Waals surface area contributed by atoms with Crippen LogP contribution >= 0.6 is 23.2 Å². The highest BCUT2D eigenvalue weighted by Crippen LogP contribution is 2.32. The van der Waals surface area contributed by atoms with E-state index in [4.69, 9.17) is 23.2 Å². The first-order valence-electron chi connectivity index (χ1n) is 17.2. The second-order valence-corrected chi connectivity index (χ2v) is 22.1. The molecule has 0 saturated carbocycles. The van der Waals surface area contributed by atoms with Crippen LogP contribution in [-0.4, -0.2) is 108 Å². The quantitative estimate of drug-likeness (QED) is 0.0484. The van der Waals surface area contributed by atoms with Crippen LogP contribution in [0.5, 0.6) is 0 Å².